The summed E-state index contributed by atoms with van der Waals surface area (Å²) in [5.41, 5.74) is 3.21. The van der Waals surface area contributed by atoms with Crippen LogP contribution in [-0.2, 0) is 13.6 Å². The van der Waals surface area contributed by atoms with Gasteiger partial charge in [0.05, 0.1) is 11.6 Å². The maximum Gasteiger partial charge on any atom is 0.227 e. The van der Waals surface area contributed by atoms with Crippen molar-refractivity contribution in [3.63, 3.8) is 0 Å². The number of anilines is 3. The van der Waals surface area contributed by atoms with Gasteiger partial charge in [0.15, 0.2) is 5.65 Å². The molecule has 4 aromatic rings. The first-order chi connectivity index (χ1) is 15.2. The third kappa shape index (κ3) is 4.14. The lowest BCUT2D eigenvalue weighted by Crippen LogP contribution is -2.47. The molecule has 3 heterocycles. The van der Waals surface area contributed by atoms with Crippen molar-refractivity contribution in [1.82, 2.24) is 19.7 Å². The summed E-state index contributed by atoms with van der Waals surface area (Å²) in [5, 5.41) is 9.49. The lowest BCUT2D eigenvalue weighted by molar-refractivity contribution is 0.649. The zero-order valence-corrected chi connectivity index (χ0v) is 18.1. The quantitative estimate of drug-likeness (QED) is 0.514. The van der Waals surface area contributed by atoms with Crippen molar-refractivity contribution in [1.29, 1.82) is 0 Å². The molecule has 0 atom stereocenters. The van der Waals surface area contributed by atoms with E-state index in [0.717, 1.165) is 53.6 Å². The van der Waals surface area contributed by atoms with Crippen LogP contribution in [-0.4, -0.2) is 45.9 Å². The van der Waals surface area contributed by atoms with Crippen LogP contribution in [0.2, 0.25) is 5.02 Å². The Morgan fingerprint density at radius 3 is 2.35 bits per heavy atom. The predicted molar refractivity (Wildman–Crippen MR) is 126 cm³/mol. The van der Waals surface area contributed by atoms with Crippen molar-refractivity contribution < 1.29 is 0 Å². The van der Waals surface area contributed by atoms with E-state index in [1.807, 2.05) is 37.5 Å². The largest absolute Gasteiger partial charge is 0.368 e. The van der Waals surface area contributed by atoms with Gasteiger partial charge in [0.2, 0.25) is 5.95 Å². The van der Waals surface area contributed by atoms with Crippen LogP contribution in [0.25, 0.3) is 11.0 Å². The third-order valence-electron chi connectivity index (χ3n) is 5.64. The first-order valence-electron chi connectivity index (χ1n) is 10.4. The zero-order valence-electron chi connectivity index (χ0n) is 17.4. The molecule has 5 rings (SSSR count). The summed E-state index contributed by atoms with van der Waals surface area (Å²) in [6.45, 7) is 4.31. The average molecular weight is 434 g/mol. The highest BCUT2D eigenvalue weighted by molar-refractivity contribution is 6.30. The predicted octanol–water partition coefficient (Wildman–Crippen LogP) is 3.96. The second kappa shape index (κ2) is 8.43. The number of hydrogen-bond acceptors (Lipinski definition) is 6. The second-order valence-corrected chi connectivity index (χ2v) is 8.10. The minimum absolute atomic E-state index is 0.603. The number of halogens is 1. The standard InChI is InChI=1S/C23H24ClN7/c1-29-21-20(16-26-29)22(28-23(27-21)25-15-17-7-9-18(24)10-8-17)31-13-11-30(12-14-31)19-5-3-2-4-6-19/h2-10,16H,11-15H2,1H3,(H,25,27,28). The number of piperazine rings is 1. The van der Waals surface area contributed by atoms with E-state index in [1.54, 1.807) is 4.68 Å². The van der Waals surface area contributed by atoms with Crippen LogP contribution < -0.4 is 15.1 Å². The molecule has 1 N–H and O–H groups in total. The van der Waals surface area contributed by atoms with E-state index in [4.69, 9.17) is 21.6 Å². The van der Waals surface area contributed by atoms with Gasteiger partial charge in [0, 0.05) is 50.5 Å². The Morgan fingerprint density at radius 1 is 0.903 bits per heavy atom. The van der Waals surface area contributed by atoms with Crippen molar-refractivity contribution in [2.45, 2.75) is 6.54 Å². The normalized spacial score (nSPS) is 14.3. The van der Waals surface area contributed by atoms with Crippen LogP contribution in [0.3, 0.4) is 0 Å². The average Bonchev–Trinajstić information content (AvgIpc) is 3.19. The van der Waals surface area contributed by atoms with Crippen LogP contribution in [0.5, 0.6) is 0 Å². The van der Waals surface area contributed by atoms with Gasteiger partial charge in [-0.25, -0.2) is 0 Å². The molecule has 0 unspecified atom stereocenters. The number of rotatable bonds is 5. The number of hydrogen-bond donors (Lipinski definition) is 1. The summed E-state index contributed by atoms with van der Waals surface area (Å²) < 4.78 is 1.80. The smallest absolute Gasteiger partial charge is 0.227 e. The Balaban J connectivity index is 1.37. The fourth-order valence-corrected chi connectivity index (χ4v) is 4.05. The van der Waals surface area contributed by atoms with Gasteiger partial charge in [-0.2, -0.15) is 15.1 Å². The van der Waals surface area contributed by atoms with Gasteiger partial charge < -0.3 is 15.1 Å². The van der Waals surface area contributed by atoms with Gasteiger partial charge in [-0.05, 0) is 29.8 Å². The van der Waals surface area contributed by atoms with Crippen LogP contribution in [0.15, 0.2) is 60.8 Å². The SMILES string of the molecule is Cn1ncc2c(N3CCN(c4ccccc4)CC3)nc(NCc3ccc(Cl)cc3)nc21. The third-order valence-corrected chi connectivity index (χ3v) is 5.89. The summed E-state index contributed by atoms with van der Waals surface area (Å²) in [4.78, 5) is 14.3. The first-order valence-corrected chi connectivity index (χ1v) is 10.8. The lowest BCUT2D eigenvalue weighted by atomic mass is 10.2. The molecule has 1 aliphatic heterocycles. The van der Waals surface area contributed by atoms with Crippen LogP contribution in [0.1, 0.15) is 5.56 Å². The molecule has 2 aromatic heterocycles. The van der Waals surface area contributed by atoms with Crippen molar-refractivity contribution in [2.24, 2.45) is 7.05 Å². The molecule has 7 nitrogen and oxygen atoms in total. The van der Waals surface area contributed by atoms with Crippen LogP contribution in [0, 0.1) is 0 Å². The van der Waals surface area contributed by atoms with Gasteiger partial charge in [-0.3, -0.25) is 4.68 Å². The van der Waals surface area contributed by atoms with Gasteiger partial charge in [-0.1, -0.05) is 41.9 Å². The summed E-state index contributed by atoms with van der Waals surface area (Å²) in [5.74, 6) is 1.54. The fraction of sp³-hybridized carbons (Fsp3) is 0.261. The van der Waals surface area contributed by atoms with Crippen LogP contribution in [0.4, 0.5) is 17.5 Å². The molecule has 0 aliphatic carbocycles. The second-order valence-electron chi connectivity index (χ2n) is 7.67. The molecule has 1 aliphatic rings. The Kier molecular flexibility index (Phi) is 5.34. The molecule has 1 saturated heterocycles. The topological polar surface area (TPSA) is 62.1 Å². The minimum Gasteiger partial charge on any atom is -0.368 e. The van der Waals surface area contributed by atoms with Gasteiger partial charge in [0.1, 0.15) is 5.82 Å². The molecular formula is C23H24ClN7. The maximum atomic E-state index is 5.99. The molecule has 0 amide bonds. The Morgan fingerprint density at radius 2 is 1.61 bits per heavy atom. The molecule has 0 spiro atoms. The number of aromatic nitrogens is 4. The van der Waals surface area contributed by atoms with Gasteiger partial charge in [-0.15, -0.1) is 0 Å². The number of fused-ring (bicyclic) bond motifs is 1. The molecule has 8 heteroatoms. The van der Waals surface area contributed by atoms with E-state index in [2.05, 4.69) is 50.5 Å². The molecule has 0 radical (unpaired) electrons. The van der Waals surface area contributed by atoms with Crippen LogP contribution >= 0.6 is 11.6 Å². The maximum absolute atomic E-state index is 5.99. The molecule has 158 valence electrons. The van der Waals surface area contributed by atoms with E-state index >= 15 is 0 Å². The number of benzene rings is 2. The molecule has 1 fully saturated rings. The number of aryl methyl sites for hydroxylation is 1. The summed E-state index contributed by atoms with van der Waals surface area (Å²) >= 11 is 5.99. The minimum atomic E-state index is 0.603. The summed E-state index contributed by atoms with van der Waals surface area (Å²) in [7, 11) is 1.91. The van der Waals surface area contributed by atoms with E-state index in [9.17, 15) is 0 Å². The Bertz CT molecular complexity index is 1170. The summed E-state index contributed by atoms with van der Waals surface area (Å²) in [6, 6.07) is 18.3. The number of nitrogens with one attached hydrogen (secondary N) is 1. The lowest BCUT2D eigenvalue weighted by Gasteiger charge is -2.37. The van der Waals surface area contributed by atoms with Gasteiger partial charge in [0.25, 0.3) is 0 Å². The molecule has 31 heavy (non-hydrogen) atoms. The van der Waals surface area contributed by atoms with Crippen molar-refractivity contribution in [3.05, 3.63) is 71.4 Å². The van der Waals surface area contributed by atoms with Gasteiger partial charge >= 0.3 is 0 Å². The number of para-hydroxylation sites is 1. The Labute approximate surface area is 186 Å². The van der Waals surface area contributed by atoms with E-state index in [1.165, 1.54) is 5.69 Å². The first kappa shape index (κ1) is 19.6. The van der Waals surface area contributed by atoms with E-state index < -0.39 is 0 Å². The highest BCUT2D eigenvalue weighted by Gasteiger charge is 2.22. The fourth-order valence-electron chi connectivity index (χ4n) is 3.93. The highest BCUT2D eigenvalue weighted by atomic mass is 35.5. The van der Waals surface area contributed by atoms with Crippen molar-refractivity contribution >= 4 is 40.1 Å². The molecule has 0 bridgehead atoms. The highest BCUT2D eigenvalue weighted by Crippen LogP contribution is 2.27. The monoisotopic (exact) mass is 433 g/mol. The van der Waals surface area contributed by atoms with Crippen molar-refractivity contribution in [3.8, 4) is 0 Å². The molecule has 2 aromatic carbocycles. The molecular weight excluding hydrogens is 410 g/mol. The summed E-state index contributed by atoms with van der Waals surface area (Å²) in [6.07, 6.45) is 1.86. The number of nitrogens with zero attached hydrogens (tertiary/aromatic N) is 6. The van der Waals surface area contributed by atoms with E-state index in [-0.39, 0.29) is 0 Å². The molecule has 0 saturated carbocycles. The Hall–Kier alpha value is -3.32. The van der Waals surface area contributed by atoms with Crippen molar-refractivity contribution in [2.75, 3.05) is 41.3 Å². The zero-order chi connectivity index (χ0) is 21.2. The van der Waals surface area contributed by atoms with E-state index in [0.29, 0.717) is 12.5 Å².